The van der Waals surface area contributed by atoms with Crippen molar-refractivity contribution in [2.75, 3.05) is 0 Å². The van der Waals surface area contributed by atoms with Gasteiger partial charge in [0, 0.05) is 17.2 Å². The molecule has 2 aromatic rings. The molecule has 1 aromatic carbocycles. The van der Waals surface area contributed by atoms with Crippen LogP contribution in [-0.4, -0.2) is 30.8 Å². The Labute approximate surface area is 152 Å². The molecule has 1 fully saturated rings. The van der Waals surface area contributed by atoms with Gasteiger partial charge in [0.15, 0.2) is 11.5 Å². The van der Waals surface area contributed by atoms with E-state index in [-0.39, 0.29) is 28.4 Å². The van der Waals surface area contributed by atoms with Gasteiger partial charge < -0.3 is 14.2 Å². The summed E-state index contributed by atoms with van der Waals surface area (Å²) >= 11 is -2.77. The molecule has 1 aliphatic rings. The van der Waals surface area contributed by atoms with Gasteiger partial charge in [-0.05, 0) is 30.5 Å². The summed E-state index contributed by atoms with van der Waals surface area (Å²) < 4.78 is 65.8. The maximum Gasteiger partial charge on any atom is 0.416 e. The molecule has 1 N–H and O–H groups in total. The Balaban J connectivity index is 2.13. The number of carboxylic acids is 1. The SMILES string of the molecule is O=C(O)c1noc(C2CC2)c1C(=O)c1ccc(C(F)(F)F)cc1CS(=O)[O-]. The van der Waals surface area contributed by atoms with Crippen molar-refractivity contribution in [1.82, 2.24) is 5.16 Å². The van der Waals surface area contributed by atoms with Gasteiger partial charge in [0.2, 0.25) is 5.69 Å². The molecule has 0 radical (unpaired) electrons. The van der Waals surface area contributed by atoms with Crippen molar-refractivity contribution in [3.63, 3.8) is 0 Å². The number of hydrogen-bond acceptors (Lipinski definition) is 6. The third-order valence-corrected chi connectivity index (χ3v) is 4.59. The van der Waals surface area contributed by atoms with Gasteiger partial charge in [-0.25, -0.2) is 4.79 Å². The zero-order valence-corrected chi connectivity index (χ0v) is 14.2. The fourth-order valence-corrected chi connectivity index (χ4v) is 3.16. The first kappa shape index (κ1) is 19.2. The Morgan fingerprint density at radius 1 is 1.33 bits per heavy atom. The van der Waals surface area contributed by atoms with Crippen LogP contribution >= 0.6 is 0 Å². The lowest BCUT2D eigenvalue weighted by Crippen LogP contribution is -2.14. The van der Waals surface area contributed by atoms with Crippen molar-refractivity contribution in [2.24, 2.45) is 0 Å². The summed E-state index contributed by atoms with van der Waals surface area (Å²) in [6, 6.07) is 2.03. The van der Waals surface area contributed by atoms with Gasteiger partial charge in [0.25, 0.3) is 0 Å². The minimum Gasteiger partial charge on any atom is -0.772 e. The number of nitrogens with zero attached hydrogens (tertiary/aromatic N) is 1. The maximum atomic E-state index is 12.9. The van der Waals surface area contributed by atoms with Crippen LogP contribution in [0.25, 0.3) is 0 Å². The van der Waals surface area contributed by atoms with E-state index in [0.29, 0.717) is 25.0 Å². The minimum absolute atomic E-state index is 0.0477. The van der Waals surface area contributed by atoms with E-state index in [4.69, 9.17) is 4.52 Å². The lowest BCUT2D eigenvalue weighted by molar-refractivity contribution is -0.137. The van der Waals surface area contributed by atoms with E-state index >= 15 is 0 Å². The maximum absolute atomic E-state index is 12.9. The lowest BCUT2D eigenvalue weighted by Gasteiger charge is -2.14. The van der Waals surface area contributed by atoms with Crippen LogP contribution in [0.3, 0.4) is 0 Å². The molecule has 1 aliphatic carbocycles. The molecular formula is C16H11F3NO6S-. The average molecular weight is 402 g/mol. The zero-order valence-electron chi connectivity index (χ0n) is 13.4. The third kappa shape index (κ3) is 3.93. The van der Waals surface area contributed by atoms with E-state index in [1.165, 1.54) is 0 Å². The van der Waals surface area contributed by atoms with Crippen LogP contribution in [0.5, 0.6) is 0 Å². The second-order valence-electron chi connectivity index (χ2n) is 6.00. The first-order valence-electron chi connectivity index (χ1n) is 7.63. The second kappa shape index (κ2) is 6.89. The van der Waals surface area contributed by atoms with Crippen molar-refractivity contribution in [2.45, 2.75) is 30.7 Å². The lowest BCUT2D eigenvalue weighted by atomic mass is 9.95. The van der Waals surface area contributed by atoms with Gasteiger partial charge in [0.1, 0.15) is 5.56 Å². The molecule has 0 amide bonds. The Morgan fingerprint density at radius 2 is 2.00 bits per heavy atom. The molecule has 1 unspecified atom stereocenters. The molecule has 0 spiro atoms. The number of alkyl halides is 3. The predicted molar refractivity (Wildman–Crippen MR) is 82.9 cm³/mol. The summed E-state index contributed by atoms with van der Waals surface area (Å²) in [6.45, 7) is 0. The first-order valence-corrected chi connectivity index (χ1v) is 8.87. The van der Waals surface area contributed by atoms with Gasteiger partial charge in [0.05, 0.1) is 5.56 Å². The van der Waals surface area contributed by atoms with E-state index in [0.717, 1.165) is 6.07 Å². The fourth-order valence-electron chi connectivity index (χ4n) is 2.67. The normalized spacial score (nSPS) is 15.6. The quantitative estimate of drug-likeness (QED) is 0.582. The Kier molecular flexibility index (Phi) is 4.91. The van der Waals surface area contributed by atoms with E-state index in [9.17, 15) is 36.6 Å². The van der Waals surface area contributed by atoms with Crippen LogP contribution in [-0.2, 0) is 23.0 Å². The van der Waals surface area contributed by atoms with Gasteiger partial charge in [-0.3, -0.25) is 9.00 Å². The average Bonchev–Trinajstić information content (AvgIpc) is 3.30. The van der Waals surface area contributed by atoms with Gasteiger partial charge in [-0.2, -0.15) is 13.2 Å². The number of aromatic carboxylic acids is 1. The molecule has 0 saturated heterocycles. The van der Waals surface area contributed by atoms with Crippen LogP contribution in [0, 0.1) is 0 Å². The van der Waals surface area contributed by atoms with E-state index < -0.39 is 46.0 Å². The standard InChI is InChI=1S/C16H12F3NO6S/c17-16(18,19)9-3-4-10(8(5-9)6-27(24)25)13(21)11-12(15(22)23)20-26-14(11)7-1-2-7/h3-5,7H,1-2,6H2,(H,22,23)(H,24,25)/p-1. The Bertz CT molecular complexity index is 948. The summed E-state index contributed by atoms with van der Waals surface area (Å²) in [5.41, 5.74) is -2.87. The second-order valence-corrected chi connectivity index (χ2v) is 6.89. The highest BCUT2D eigenvalue weighted by atomic mass is 32.2. The fraction of sp³-hybridized carbons (Fsp3) is 0.312. The number of hydrogen-bond donors (Lipinski definition) is 1. The van der Waals surface area contributed by atoms with E-state index in [1.807, 2.05) is 0 Å². The summed E-state index contributed by atoms with van der Waals surface area (Å²) in [5, 5.41) is 12.6. The molecule has 27 heavy (non-hydrogen) atoms. The van der Waals surface area contributed by atoms with Crippen LogP contribution < -0.4 is 0 Å². The molecule has 0 aliphatic heterocycles. The molecule has 7 nitrogen and oxygen atoms in total. The van der Waals surface area contributed by atoms with E-state index in [1.54, 1.807) is 0 Å². The van der Waals surface area contributed by atoms with Crippen LogP contribution in [0.15, 0.2) is 22.7 Å². The molecule has 3 rings (SSSR count). The number of carboxylic acid groups (broad SMARTS) is 1. The summed E-state index contributed by atoms with van der Waals surface area (Å²) in [5.74, 6) is -3.46. The number of ketones is 1. The van der Waals surface area contributed by atoms with E-state index in [2.05, 4.69) is 5.16 Å². The molecule has 11 heteroatoms. The highest BCUT2D eigenvalue weighted by Gasteiger charge is 2.38. The smallest absolute Gasteiger partial charge is 0.416 e. The predicted octanol–water partition coefficient (Wildman–Crippen LogP) is 2.88. The summed E-state index contributed by atoms with van der Waals surface area (Å²) in [4.78, 5) is 24.2. The minimum atomic E-state index is -4.73. The number of carbonyl (C=O) groups is 2. The van der Waals surface area contributed by atoms with Crippen molar-refractivity contribution >= 4 is 22.8 Å². The topological polar surface area (TPSA) is 121 Å². The zero-order chi connectivity index (χ0) is 19.9. The van der Waals surface area contributed by atoms with Crippen LogP contribution in [0.4, 0.5) is 13.2 Å². The first-order chi connectivity index (χ1) is 12.6. The van der Waals surface area contributed by atoms with Gasteiger partial charge in [-0.1, -0.05) is 22.3 Å². The number of rotatable bonds is 6. The Morgan fingerprint density at radius 3 is 2.52 bits per heavy atom. The van der Waals surface area contributed by atoms with Crippen LogP contribution in [0.2, 0.25) is 0 Å². The molecular weight excluding hydrogens is 391 g/mol. The molecule has 0 bridgehead atoms. The van der Waals surface area contributed by atoms with Gasteiger partial charge >= 0.3 is 12.1 Å². The molecule has 1 atom stereocenters. The molecule has 1 aromatic heterocycles. The largest absolute Gasteiger partial charge is 0.772 e. The highest BCUT2D eigenvalue weighted by Crippen LogP contribution is 2.43. The van der Waals surface area contributed by atoms with Crippen LogP contribution in [0.1, 0.15) is 62.1 Å². The molecule has 1 saturated carbocycles. The number of benzene rings is 1. The third-order valence-electron chi connectivity index (χ3n) is 4.05. The monoisotopic (exact) mass is 402 g/mol. The molecule has 144 valence electrons. The highest BCUT2D eigenvalue weighted by molar-refractivity contribution is 7.78. The Hall–Kier alpha value is -2.53. The van der Waals surface area contributed by atoms with Crippen molar-refractivity contribution < 1.29 is 41.2 Å². The molecule has 1 heterocycles. The van der Waals surface area contributed by atoms with Crippen molar-refractivity contribution in [1.29, 1.82) is 0 Å². The number of aromatic nitrogens is 1. The number of halogens is 3. The van der Waals surface area contributed by atoms with Gasteiger partial charge in [-0.15, -0.1) is 0 Å². The number of carbonyl (C=O) groups excluding carboxylic acids is 1. The summed E-state index contributed by atoms with van der Waals surface area (Å²) in [6.07, 6.45) is -3.43. The van der Waals surface area contributed by atoms with Crippen molar-refractivity contribution in [3.8, 4) is 0 Å². The summed E-state index contributed by atoms with van der Waals surface area (Å²) in [7, 11) is 0. The van der Waals surface area contributed by atoms with Crippen molar-refractivity contribution in [3.05, 3.63) is 51.9 Å².